The number of nitrogens with two attached hydrogens (primary N) is 1. The molecule has 2 saturated carbocycles. The maximum Gasteiger partial charge on any atom is 0.407 e. The summed E-state index contributed by atoms with van der Waals surface area (Å²) in [5.41, 5.74) is 3.69. The number of rotatable bonds is 8. The number of benzene rings is 1. The first-order chi connectivity index (χ1) is 19.7. The lowest BCUT2D eigenvalue weighted by Crippen LogP contribution is -2.74. The van der Waals surface area contributed by atoms with Crippen LogP contribution in [0, 0.1) is 23.7 Å². The fraction of sp³-hybridized carbons (Fsp3) is 0.586. The molecule has 1 aromatic rings. The van der Waals surface area contributed by atoms with Crippen LogP contribution in [0.3, 0.4) is 0 Å². The van der Waals surface area contributed by atoms with Gasteiger partial charge in [0.05, 0.1) is 24.1 Å². The van der Waals surface area contributed by atoms with E-state index in [1.807, 2.05) is 6.92 Å². The van der Waals surface area contributed by atoms with Crippen molar-refractivity contribution in [3.63, 3.8) is 0 Å². The predicted molar refractivity (Wildman–Crippen MR) is 149 cm³/mol. The van der Waals surface area contributed by atoms with Crippen molar-refractivity contribution in [1.29, 1.82) is 0 Å². The first-order valence-electron chi connectivity index (χ1n) is 14.0. The van der Waals surface area contributed by atoms with Gasteiger partial charge in [0.15, 0.2) is 34.7 Å². The second-order valence-corrected chi connectivity index (χ2v) is 11.8. The van der Waals surface area contributed by atoms with E-state index in [1.165, 1.54) is 19.0 Å². The van der Waals surface area contributed by atoms with E-state index in [9.17, 15) is 39.0 Å². The fourth-order valence-electron chi connectivity index (χ4n) is 6.77. The van der Waals surface area contributed by atoms with Gasteiger partial charge in [-0.3, -0.25) is 28.9 Å². The molecule has 4 rings (SSSR count). The van der Waals surface area contributed by atoms with Crippen LogP contribution in [-0.2, 0) is 36.9 Å². The smallest absolute Gasteiger partial charge is 0.407 e. The van der Waals surface area contributed by atoms with E-state index in [2.05, 4.69) is 5.32 Å². The molecule has 3 unspecified atom stereocenters. The third-order valence-electron chi connectivity index (χ3n) is 8.75. The van der Waals surface area contributed by atoms with E-state index < -0.39 is 76.2 Å². The Morgan fingerprint density at radius 3 is 2.38 bits per heavy atom. The Labute approximate surface area is 243 Å². The largest absolute Gasteiger partial charge is 0.507 e. The monoisotopic (exact) mass is 586 g/mol. The second kappa shape index (κ2) is 11.4. The highest BCUT2D eigenvalue weighted by Gasteiger charge is 2.69. The van der Waals surface area contributed by atoms with Crippen LogP contribution in [0.15, 0.2) is 6.07 Å². The molecular formula is C29H38N4O9. The third-order valence-corrected chi connectivity index (χ3v) is 8.75. The van der Waals surface area contributed by atoms with Gasteiger partial charge in [-0.25, -0.2) is 4.79 Å². The van der Waals surface area contributed by atoms with Crippen LogP contribution >= 0.6 is 0 Å². The van der Waals surface area contributed by atoms with Crippen LogP contribution in [-0.4, -0.2) is 96.7 Å². The SMILES string of the molecule is CCCCOC(=O)NCc1cc(N(C)C)c2c(c1O)C(=O)C1C(=O)[C@]3(O)C(=O)C(C(N)=O)C(=O)C(N(C)C)[C@@H]3C[C@@H]1C2. The van der Waals surface area contributed by atoms with Crippen molar-refractivity contribution < 1.29 is 43.7 Å². The summed E-state index contributed by atoms with van der Waals surface area (Å²) >= 11 is 0. The number of carbonyl (C=O) groups excluding carboxylic acids is 6. The normalized spacial score (nSPS) is 28.6. The number of primary amides is 1. The van der Waals surface area contributed by atoms with Crippen molar-refractivity contribution in [3.05, 3.63) is 22.8 Å². The average Bonchev–Trinajstić information content (AvgIpc) is 2.89. The lowest BCUT2D eigenvalue weighted by molar-refractivity contribution is -0.181. The minimum Gasteiger partial charge on any atom is -0.507 e. The zero-order chi connectivity index (χ0) is 31.3. The molecule has 228 valence electrons. The third kappa shape index (κ3) is 4.83. The summed E-state index contributed by atoms with van der Waals surface area (Å²) in [7, 11) is 6.56. The quantitative estimate of drug-likeness (QED) is 0.236. The lowest BCUT2D eigenvalue weighted by atomic mass is 9.52. The summed E-state index contributed by atoms with van der Waals surface area (Å²) in [6, 6.07) is 0.474. The van der Waals surface area contributed by atoms with Crippen molar-refractivity contribution in [1.82, 2.24) is 10.2 Å². The number of amides is 2. The van der Waals surface area contributed by atoms with Gasteiger partial charge in [-0.15, -0.1) is 0 Å². The Bertz CT molecular complexity index is 1360. The van der Waals surface area contributed by atoms with Gasteiger partial charge in [0.1, 0.15) is 5.75 Å². The molecule has 3 aliphatic carbocycles. The van der Waals surface area contributed by atoms with E-state index in [0.717, 1.165) is 6.42 Å². The Kier molecular flexibility index (Phi) is 8.47. The van der Waals surface area contributed by atoms with E-state index >= 15 is 0 Å². The number of phenols is 1. The number of hydrogen-bond acceptors (Lipinski definition) is 11. The Morgan fingerprint density at radius 1 is 1.14 bits per heavy atom. The van der Waals surface area contributed by atoms with Gasteiger partial charge < -0.3 is 30.9 Å². The zero-order valence-corrected chi connectivity index (χ0v) is 24.4. The van der Waals surface area contributed by atoms with Crippen molar-refractivity contribution in [3.8, 4) is 5.75 Å². The van der Waals surface area contributed by atoms with E-state index in [4.69, 9.17) is 10.5 Å². The molecule has 0 heterocycles. The van der Waals surface area contributed by atoms with Gasteiger partial charge in [0.25, 0.3) is 0 Å². The molecule has 42 heavy (non-hydrogen) atoms. The molecular weight excluding hydrogens is 548 g/mol. The molecule has 13 nitrogen and oxygen atoms in total. The Balaban J connectivity index is 1.77. The predicted octanol–water partition coefficient (Wildman–Crippen LogP) is -0.0407. The van der Waals surface area contributed by atoms with Gasteiger partial charge >= 0.3 is 6.09 Å². The fourth-order valence-corrected chi connectivity index (χ4v) is 6.77. The van der Waals surface area contributed by atoms with Crippen molar-refractivity contribution >= 4 is 40.8 Å². The van der Waals surface area contributed by atoms with Gasteiger partial charge in [0.2, 0.25) is 5.91 Å². The summed E-state index contributed by atoms with van der Waals surface area (Å²) < 4.78 is 5.10. The molecule has 2 fully saturated rings. The van der Waals surface area contributed by atoms with Crippen LogP contribution < -0.4 is 16.0 Å². The number of alkyl carbamates (subject to hydrolysis) is 1. The van der Waals surface area contributed by atoms with Crippen LogP contribution in [0.5, 0.6) is 5.75 Å². The van der Waals surface area contributed by atoms with Gasteiger partial charge in [-0.2, -0.15) is 0 Å². The lowest BCUT2D eigenvalue weighted by Gasteiger charge is -2.52. The van der Waals surface area contributed by atoms with E-state index in [0.29, 0.717) is 17.7 Å². The summed E-state index contributed by atoms with van der Waals surface area (Å²) in [6.45, 7) is 2.01. The molecule has 0 aromatic heterocycles. The van der Waals surface area contributed by atoms with Crippen LogP contribution in [0.4, 0.5) is 10.5 Å². The molecule has 1 aromatic carbocycles. The molecule has 2 amide bonds. The molecule has 0 aliphatic heterocycles. The average molecular weight is 587 g/mol. The number of ether oxygens (including phenoxy) is 1. The maximum absolute atomic E-state index is 14.0. The number of aliphatic hydroxyl groups is 1. The minimum absolute atomic E-state index is 0.0373. The van der Waals surface area contributed by atoms with Gasteiger partial charge in [-0.1, -0.05) is 13.3 Å². The number of ketones is 4. The molecule has 13 heteroatoms. The number of Topliss-reactive ketones (excluding diaryl/α,β-unsaturated/α-hetero) is 4. The summed E-state index contributed by atoms with van der Waals surface area (Å²) in [5.74, 6) is -11.1. The molecule has 0 radical (unpaired) electrons. The van der Waals surface area contributed by atoms with Crippen molar-refractivity contribution in [2.75, 3.05) is 39.7 Å². The van der Waals surface area contributed by atoms with Crippen molar-refractivity contribution in [2.24, 2.45) is 29.4 Å². The van der Waals surface area contributed by atoms with Crippen LogP contribution in [0.2, 0.25) is 0 Å². The molecule has 0 saturated heterocycles. The number of carbonyl (C=O) groups is 6. The van der Waals surface area contributed by atoms with Crippen LogP contribution in [0.1, 0.15) is 47.7 Å². The summed E-state index contributed by atoms with van der Waals surface area (Å²) in [4.78, 5) is 82.1. The van der Waals surface area contributed by atoms with Gasteiger partial charge in [-0.05, 0) is 50.9 Å². The van der Waals surface area contributed by atoms with Crippen molar-refractivity contribution in [2.45, 2.75) is 50.8 Å². The standard InChI is InChI=1S/C29H38N4O9/c1-6-7-8-42-28(40)31-12-14-11-17(32(2)3)15-9-13-10-16-21(33(4)5)24(36)20(27(30)39)26(38)29(16,41)25(37)18(13)23(35)19(15)22(14)34/h11,13,16,18,20-21,34,41H,6-10,12H2,1-5H3,(H2,30,39)(H,31,40)/t13-,16-,18?,20?,21?,29-/m0/s1. The zero-order valence-electron chi connectivity index (χ0n) is 24.4. The summed E-state index contributed by atoms with van der Waals surface area (Å²) in [5, 5.41) is 25.5. The first kappa shape index (κ1) is 31.1. The molecule has 6 atom stereocenters. The topological polar surface area (TPSA) is 197 Å². The van der Waals surface area contributed by atoms with E-state index in [-0.39, 0.29) is 37.1 Å². The number of unbranched alkanes of at least 4 members (excludes halogenated alkanes) is 1. The Hall–Kier alpha value is -3.84. The number of aromatic hydroxyl groups is 1. The summed E-state index contributed by atoms with van der Waals surface area (Å²) in [6.07, 6.45) is 0.931. The molecule has 3 aliphatic rings. The number of fused-ring (bicyclic) bond motifs is 3. The van der Waals surface area contributed by atoms with Crippen LogP contribution in [0.25, 0.3) is 0 Å². The highest BCUT2D eigenvalue weighted by Crippen LogP contribution is 2.52. The molecule has 5 N–H and O–H groups in total. The Morgan fingerprint density at radius 2 is 1.81 bits per heavy atom. The number of nitrogens with zero attached hydrogens (tertiary/aromatic N) is 2. The highest BCUT2D eigenvalue weighted by molar-refractivity contribution is 6.32. The molecule has 0 spiro atoms. The maximum atomic E-state index is 14.0. The number of nitrogens with one attached hydrogen (secondary N) is 1. The number of phenolic OH excluding ortho intramolecular Hbond substituents is 1. The number of anilines is 1. The number of hydrogen-bond donors (Lipinski definition) is 4. The first-order valence-corrected chi connectivity index (χ1v) is 14.0. The van der Waals surface area contributed by atoms with E-state index in [1.54, 1.807) is 25.1 Å². The second-order valence-electron chi connectivity index (χ2n) is 11.8. The minimum atomic E-state index is -2.79. The highest BCUT2D eigenvalue weighted by atomic mass is 16.5. The molecule has 0 bridgehead atoms. The number of likely N-dealkylation sites (N-methyl/N-ethyl adjacent to an activating group) is 1. The van der Waals surface area contributed by atoms with Gasteiger partial charge in [0, 0.05) is 37.8 Å².